The van der Waals surface area contributed by atoms with Gasteiger partial charge < -0.3 is 10.8 Å². The molecule has 0 unspecified atom stereocenters. The monoisotopic (exact) mass is 267 g/mol. The van der Waals surface area contributed by atoms with Crippen molar-refractivity contribution < 1.29 is 9.90 Å². The number of carbonyl (C=O) groups is 1. The Morgan fingerprint density at radius 3 is 2.78 bits per heavy atom. The van der Waals surface area contributed by atoms with Gasteiger partial charge in [0.25, 0.3) is 0 Å². The van der Waals surface area contributed by atoms with E-state index in [0.29, 0.717) is 0 Å². The van der Waals surface area contributed by atoms with E-state index in [1.54, 1.807) is 0 Å². The maximum Gasteiger partial charge on any atom is 0.303 e. The summed E-state index contributed by atoms with van der Waals surface area (Å²) >= 11 is 1.86. The van der Waals surface area contributed by atoms with E-state index in [-0.39, 0.29) is 6.42 Å². The van der Waals surface area contributed by atoms with Crippen LogP contribution >= 0.6 is 11.3 Å². The zero-order valence-corrected chi connectivity index (χ0v) is 11.5. The fourth-order valence-electron chi connectivity index (χ4n) is 2.57. The molecule has 0 atom stereocenters. The zero-order valence-electron chi connectivity index (χ0n) is 10.7. The van der Waals surface area contributed by atoms with Crippen LogP contribution in [0.15, 0.2) is 0 Å². The molecule has 0 bridgehead atoms. The first-order valence-corrected chi connectivity index (χ1v) is 7.61. The second kappa shape index (κ2) is 6.23. The van der Waals surface area contributed by atoms with Gasteiger partial charge in [0.15, 0.2) is 0 Å². The van der Waals surface area contributed by atoms with Gasteiger partial charge in [-0.25, -0.2) is 0 Å². The van der Waals surface area contributed by atoms with Crippen LogP contribution in [0.4, 0.5) is 5.69 Å². The number of rotatable bonds is 5. The summed E-state index contributed by atoms with van der Waals surface area (Å²) in [6, 6.07) is 0. The quantitative estimate of drug-likeness (QED) is 0.635. The van der Waals surface area contributed by atoms with Gasteiger partial charge in [-0.1, -0.05) is 6.42 Å². The lowest BCUT2D eigenvalue weighted by atomic mass is 10.1. The Kier molecular flexibility index (Phi) is 4.64. The number of thiophene rings is 1. The summed E-state index contributed by atoms with van der Waals surface area (Å²) in [5.41, 5.74) is 8.63. The van der Waals surface area contributed by atoms with E-state index >= 15 is 0 Å². The number of unbranched alkanes of at least 4 members (excludes halogenated alkanes) is 1. The number of nitrogen functional groups attached to an aromatic ring is 1. The molecule has 0 aromatic carbocycles. The molecule has 3 N–H and O–H groups in total. The third-order valence-electron chi connectivity index (χ3n) is 3.58. The van der Waals surface area contributed by atoms with Gasteiger partial charge >= 0.3 is 5.97 Å². The van der Waals surface area contributed by atoms with Crippen molar-refractivity contribution in [2.75, 3.05) is 5.73 Å². The molecule has 1 aliphatic carbocycles. The summed E-state index contributed by atoms with van der Waals surface area (Å²) in [7, 11) is 0. The summed E-state index contributed by atoms with van der Waals surface area (Å²) in [5.74, 6) is -0.704. The zero-order chi connectivity index (χ0) is 13.0. The van der Waals surface area contributed by atoms with Crippen molar-refractivity contribution in [1.29, 1.82) is 0 Å². The molecule has 0 saturated carbocycles. The molecule has 1 aliphatic rings. The Labute approximate surface area is 112 Å². The van der Waals surface area contributed by atoms with Gasteiger partial charge in [0, 0.05) is 21.9 Å². The lowest BCUT2D eigenvalue weighted by Crippen LogP contribution is -1.97. The van der Waals surface area contributed by atoms with Crippen molar-refractivity contribution in [3.05, 3.63) is 15.3 Å². The van der Waals surface area contributed by atoms with Gasteiger partial charge in [-0.3, -0.25) is 4.79 Å². The summed E-state index contributed by atoms with van der Waals surface area (Å²) in [5, 5.41) is 8.61. The smallest absolute Gasteiger partial charge is 0.303 e. The lowest BCUT2D eigenvalue weighted by molar-refractivity contribution is -0.137. The Hall–Kier alpha value is -1.03. The second-order valence-electron chi connectivity index (χ2n) is 5.00. The molecule has 1 aromatic rings. The minimum atomic E-state index is -0.704. The minimum Gasteiger partial charge on any atom is -0.481 e. The van der Waals surface area contributed by atoms with E-state index in [1.165, 1.54) is 41.0 Å². The van der Waals surface area contributed by atoms with Gasteiger partial charge in [0.05, 0.1) is 0 Å². The number of nitrogens with two attached hydrogens (primary N) is 1. The molecule has 4 heteroatoms. The van der Waals surface area contributed by atoms with E-state index in [1.807, 2.05) is 11.3 Å². The molecule has 100 valence electrons. The average molecular weight is 267 g/mol. The molecular weight excluding hydrogens is 246 g/mol. The number of anilines is 1. The Bertz CT molecular complexity index is 426. The summed E-state index contributed by atoms with van der Waals surface area (Å²) in [4.78, 5) is 13.2. The van der Waals surface area contributed by atoms with Crippen LogP contribution in [0.5, 0.6) is 0 Å². The number of carboxylic acids is 1. The highest BCUT2D eigenvalue weighted by Gasteiger charge is 2.17. The van der Waals surface area contributed by atoms with E-state index in [4.69, 9.17) is 10.8 Å². The molecule has 0 aliphatic heterocycles. The third kappa shape index (κ3) is 3.25. The van der Waals surface area contributed by atoms with Crippen molar-refractivity contribution in [2.45, 2.75) is 57.8 Å². The van der Waals surface area contributed by atoms with E-state index in [2.05, 4.69) is 0 Å². The van der Waals surface area contributed by atoms with Crippen LogP contribution in [0.1, 0.15) is 53.8 Å². The fourth-order valence-corrected chi connectivity index (χ4v) is 3.93. The first kappa shape index (κ1) is 13.4. The Balaban J connectivity index is 1.95. The number of hydrogen-bond donors (Lipinski definition) is 2. The SMILES string of the molecule is Nc1c(CCCCC(=O)O)sc2c1CCCCC2. The number of fused-ring (bicyclic) bond motifs is 1. The highest BCUT2D eigenvalue weighted by molar-refractivity contribution is 7.12. The van der Waals surface area contributed by atoms with Crippen molar-refractivity contribution in [1.82, 2.24) is 0 Å². The first-order chi connectivity index (χ1) is 8.68. The maximum atomic E-state index is 10.5. The number of aryl methyl sites for hydroxylation is 2. The molecule has 0 fully saturated rings. The van der Waals surface area contributed by atoms with Crippen LogP contribution in [0.25, 0.3) is 0 Å². The van der Waals surface area contributed by atoms with Gasteiger partial charge in [-0.2, -0.15) is 0 Å². The van der Waals surface area contributed by atoms with E-state index < -0.39 is 5.97 Å². The number of carboxylic acid groups (broad SMARTS) is 1. The summed E-state index contributed by atoms with van der Waals surface area (Å²) in [6.07, 6.45) is 9.05. The molecule has 18 heavy (non-hydrogen) atoms. The van der Waals surface area contributed by atoms with Crippen molar-refractivity contribution >= 4 is 23.0 Å². The molecule has 0 saturated heterocycles. The van der Waals surface area contributed by atoms with Gasteiger partial charge in [-0.05, 0) is 50.5 Å². The van der Waals surface area contributed by atoms with Gasteiger partial charge in [0.2, 0.25) is 0 Å². The Morgan fingerprint density at radius 1 is 1.22 bits per heavy atom. The van der Waals surface area contributed by atoms with Crippen LogP contribution in [0.3, 0.4) is 0 Å². The minimum absolute atomic E-state index is 0.269. The van der Waals surface area contributed by atoms with Crippen LogP contribution < -0.4 is 5.73 Å². The predicted molar refractivity (Wildman–Crippen MR) is 75.2 cm³/mol. The van der Waals surface area contributed by atoms with Crippen LogP contribution in [0.2, 0.25) is 0 Å². The van der Waals surface area contributed by atoms with Crippen molar-refractivity contribution in [3.63, 3.8) is 0 Å². The van der Waals surface area contributed by atoms with Crippen LogP contribution in [0, 0.1) is 0 Å². The first-order valence-electron chi connectivity index (χ1n) is 6.79. The third-order valence-corrected chi connectivity index (χ3v) is 4.95. The summed E-state index contributed by atoms with van der Waals surface area (Å²) < 4.78 is 0. The van der Waals surface area contributed by atoms with E-state index in [0.717, 1.165) is 31.4 Å². The Morgan fingerprint density at radius 2 is 2.00 bits per heavy atom. The van der Waals surface area contributed by atoms with Gasteiger partial charge in [0.1, 0.15) is 0 Å². The van der Waals surface area contributed by atoms with E-state index in [9.17, 15) is 4.79 Å². The standard InChI is InChI=1S/C14H21NO2S/c15-14-10-6-2-1-3-7-11(10)18-12(14)8-4-5-9-13(16)17/h1-9,15H2,(H,16,17). The van der Waals surface area contributed by atoms with Crippen molar-refractivity contribution in [3.8, 4) is 0 Å². The topological polar surface area (TPSA) is 63.3 Å². The highest BCUT2D eigenvalue weighted by atomic mass is 32.1. The molecule has 1 heterocycles. The van der Waals surface area contributed by atoms with Crippen molar-refractivity contribution in [2.24, 2.45) is 0 Å². The molecule has 1 aromatic heterocycles. The maximum absolute atomic E-state index is 10.5. The van der Waals surface area contributed by atoms with Crippen LogP contribution in [-0.2, 0) is 24.1 Å². The lowest BCUT2D eigenvalue weighted by Gasteiger charge is -2.01. The largest absolute Gasteiger partial charge is 0.481 e. The predicted octanol–water partition coefficient (Wildman–Crippen LogP) is 3.40. The molecular formula is C14H21NO2S. The summed E-state index contributed by atoms with van der Waals surface area (Å²) in [6.45, 7) is 0. The molecule has 0 spiro atoms. The normalized spacial score (nSPS) is 15.1. The molecule has 3 nitrogen and oxygen atoms in total. The fraction of sp³-hybridized carbons (Fsp3) is 0.643. The molecule has 2 rings (SSSR count). The number of aliphatic carboxylic acids is 1. The highest BCUT2D eigenvalue weighted by Crippen LogP contribution is 2.36. The number of hydrogen-bond acceptors (Lipinski definition) is 3. The van der Waals surface area contributed by atoms with Crippen LogP contribution in [-0.4, -0.2) is 11.1 Å². The van der Waals surface area contributed by atoms with Gasteiger partial charge in [-0.15, -0.1) is 11.3 Å². The second-order valence-corrected chi connectivity index (χ2v) is 6.19. The molecule has 0 radical (unpaired) electrons. The molecule has 0 amide bonds. The average Bonchev–Trinajstić information content (AvgIpc) is 2.53.